The molecule has 0 atom stereocenters. The Morgan fingerprint density at radius 1 is 1.27 bits per heavy atom. The van der Waals surface area contributed by atoms with Crippen molar-refractivity contribution in [2.24, 2.45) is 0 Å². The van der Waals surface area contributed by atoms with Crippen LogP contribution in [-0.2, 0) is 0 Å². The van der Waals surface area contributed by atoms with E-state index < -0.39 is 10.7 Å². The van der Waals surface area contributed by atoms with Crippen molar-refractivity contribution in [1.29, 1.82) is 0 Å². The van der Waals surface area contributed by atoms with Crippen molar-refractivity contribution in [3.8, 4) is 5.75 Å². The summed E-state index contributed by atoms with van der Waals surface area (Å²) in [6.45, 7) is 0. The molecule has 0 bridgehead atoms. The smallest absolute Gasteiger partial charge is 0.868 e. The van der Waals surface area contributed by atoms with Gasteiger partial charge in [-0.1, -0.05) is 18.2 Å². The van der Waals surface area contributed by atoms with Crippen molar-refractivity contribution in [3.05, 3.63) is 34.4 Å². The Morgan fingerprint density at radius 2 is 1.82 bits per heavy atom. The molecule has 0 unspecified atom stereocenters. The fourth-order valence-corrected chi connectivity index (χ4v) is 0.608. The molecule has 0 radical (unpaired) electrons. The van der Waals surface area contributed by atoms with E-state index in [0.717, 1.165) is 6.07 Å². The summed E-state index contributed by atoms with van der Waals surface area (Å²) in [5, 5.41) is 20.6. The van der Waals surface area contributed by atoms with Crippen molar-refractivity contribution < 1.29 is 39.6 Å². The molecule has 1 aromatic carbocycles. The Morgan fingerprint density at radius 3 is 2.18 bits per heavy atom. The molecule has 0 aromatic heterocycles. The summed E-state index contributed by atoms with van der Waals surface area (Å²) < 4.78 is 0. The van der Waals surface area contributed by atoms with Gasteiger partial charge in [-0.15, -0.1) is 0 Å². The maximum atomic E-state index is 10.6. The second kappa shape index (κ2) is 4.33. The Labute approximate surface area is 85.3 Å². The van der Waals surface area contributed by atoms with Crippen molar-refractivity contribution in [3.63, 3.8) is 0 Å². The van der Waals surface area contributed by atoms with Gasteiger partial charge in [-0.05, 0) is 5.75 Å². The van der Waals surface area contributed by atoms with Crippen LogP contribution < -0.4 is 34.7 Å². The second-order valence-electron chi connectivity index (χ2n) is 1.72. The molecule has 11 heavy (non-hydrogen) atoms. The number of para-hydroxylation sites is 2. The van der Waals surface area contributed by atoms with E-state index in [9.17, 15) is 15.2 Å². The molecular formula is C6H4NNaO3. The van der Waals surface area contributed by atoms with Crippen LogP contribution in [-0.4, -0.2) is 4.92 Å². The Balaban J connectivity index is 0.000001000. The van der Waals surface area contributed by atoms with E-state index >= 15 is 0 Å². The molecule has 0 heterocycles. The monoisotopic (exact) mass is 161 g/mol. The molecule has 0 fully saturated rings. The first-order valence-electron chi connectivity index (χ1n) is 2.62. The quantitative estimate of drug-likeness (QED) is 0.263. The first-order valence-corrected chi connectivity index (χ1v) is 2.62. The number of hydrogen-bond donors (Lipinski definition) is 0. The summed E-state index contributed by atoms with van der Waals surface area (Å²) >= 11 is 0. The van der Waals surface area contributed by atoms with Crippen molar-refractivity contribution in [1.82, 2.24) is 0 Å². The molecule has 0 amide bonds. The van der Waals surface area contributed by atoms with Gasteiger partial charge in [0.15, 0.2) is 0 Å². The zero-order valence-electron chi connectivity index (χ0n) is 5.98. The standard InChI is InChI=1S/C6H5NO3.Na/c8-6-4-2-1-3-5(6)7(9)10;/h1-4,8H;/q;+1/p-1. The number of benzene rings is 1. The van der Waals surface area contributed by atoms with Gasteiger partial charge < -0.3 is 5.11 Å². The molecule has 0 aliphatic rings. The van der Waals surface area contributed by atoms with Crippen molar-refractivity contribution in [2.45, 2.75) is 0 Å². The molecule has 0 spiro atoms. The summed E-state index contributed by atoms with van der Waals surface area (Å²) in [6, 6.07) is 5.27. The molecule has 52 valence electrons. The van der Waals surface area contributed by atoms with Crippen molar-refractivity contribution >= 4 is 5.69 Å². The third-order valence-corrected chi connectivity index (χ3v) is 1.06. The number of rotatable bonds is 1. The third kappa shape index (κ3) is 2.49. The van der Waals surface area contributed by atoms with Crippen LogP contribution in [0.5, 0.6) is 5.75 Å². The Kier molecular flexibility index (Phi) is 4.10. The first kappa shape index (κ1) is 10.4. The van der Waals surface area contributed by atoms with Gasteiger partial charge in [-0.25, -0.2) is 0 Å². The fraction of sp³-hybridized carbons (Fsp3) is 0. The molecule has 0 N–H and O–H groups in total. The maximum Gasteiger partial charge on any atom is 1.00 e. The minimum Gasteiger partial charge on any atom is -0.868 e. The molecule has 0 saturated carbocycles. The normalized spacial score (nSPS) is 8.36. The Bertz CT molecular complexity index is 264. The molecule has 4 nitrogen and oxygen atoms in total. The van der Waals surface area contributed by atoms with Crippen LogP contribution in [0.15, 0.2) is 24.3 Å². The van der Waals surface area contributed by atoms with Crippen LogP contribution in [0.2, 0.25) is 0 Å². The van der Waals surface area contributed by atoms with Gasteiger partial charge in [0, 0.05) is 6.07 Å². The number of nitrogens with zero attached hydrogens (tertiary/aromatic N) is 1. The SMILES string of the molecule is O=[N+]([O-])c1ccccc1[O-].[Na+]. The van der Waals surface area contributed by atoms with E-state index in [0.29, 0.717) is 0 Å². The second-order valence-corrected chi connectivity index (χ2v) is 1.72. The van der Waals surface area contributed by atoms with Crippen LogP contribution in [0.3, 0.4) is 0 Å². The van der Waals surface area contributed by atoms with Gasteiger partial charge in [0.1, 0.15) is 0 Å². The summed E-state index contributed by atoms with van der Waals surface area (Å²) in [5.74, 6) is -0.549. The van der Waals surface area contributed by atoms with E-state index in [1.54, 1.807) is 0 Å². The van der Waals surface area contributed by atoms with Gasteiger partial charge in [0.25, 0.3) is 5.69 Å². The van der Waals surface area contributed by atoms with Gasteiger partial charge in [0.05, 0.1) is 4.92 Å². The minimum absolute atomic E-state index is 0. The van der Waals surface area contributed by atoms with Crippen LogP contribution in [0.4, 0.5) is 5.69 Å². The van der Waals surface area contributed by atoms with E-state index in [4.69, 9.17) is 0 Å². The molecule has 1 rings (SSSR count). The zero-order valence-corrected chi connectivity index (χ0v) is 7.98. The van der Waals surface area contributed by atoms with Crippen LogP contribution in [0.25, 0.3) is 0 Å². The predicted octanol–water partition coefficient (Wildman–Crippen LogP) is -2.33. The third-order valence-electron chi connectivity index (χ3n) is 1.06. The predicted molar refractivity (Wildman–Crippen MR) is 32.5 cm³/mol. The number of hydrogen-bond acceptors (Lipinski definition) is 3. The molecule has 0 saturated heterocycles. The van der Waals surface area contributed by atoms with Crippen LogP contribution in [0, 0.1) is 10.1 Å². The molecular weight excluding hydrogens is 157 g/mol. The zero-order chi connectivity index (χ0) is 7.56. The summed E-state index contributed by atoms with van der Waals surface area (Å²) in [7, 11) is 0. The molecule has 1 aromatic rings. The van der Waals surface area contributed by atoms with Crippen LogP contribution in [0.1, 0.15) is 0 Å². The molecule has 0 aliphatic heterocycles. The summed E-state index contributed by atoms with van der Waals surface area (Å²) in [4.78, 5) is 9.34. The van der Waals surface area contributed by atoms with Gasteiger partial charge in [-0.2, -0.15) is 0 Å². The van der Waals surface area contributed by atoms with E-state index in [-0.39, 0.29) is 35.2 Å². The number of nitro groups is 1. The number of nitro benzene ring substituents is 1. The largest absolute Gasteiger partial charge is 1.00 e. The van der Waals surface area contributed by atoms with Gasteiger partial charge in [-0.3, -0.25) is 10.1 Å². The average molecular weight is 161 g/mol. The first-order chi connectivity index (χ1) is 4.72. The van der Waals surface area contributed by atoms with Gasteiger partial charge >= 0.3 is 29.6 Å². The molecule has 0 aliphatic carbocycles. The topological polar surface area (TPSA) is 66.2 Å². The maximum absolute atomic E-state index is 10.6. The van der Waals surface area contributed by atoms with Crippen molar-refractivity contribution in [2.75, 3.05) is 0 Å². The summed E-state index contributed by atoms with van der Waals surface area (Å²) in [5.41, 5.74) is -0.373. The van der Waals surface area contributed by atoms with E-state index in [1.807, 2.05) is 0 Å². The Hall–Kier alpha value is -0.580. The van der Waals surface area contributed by atoms with Gasteiger partial charge in [0.2, 0.25) is 0 Å². The van der Waals surface area contributed by atoms with Crippen LogP contribution >= 0.6 is 0 Å². The fourth-order valence-electron chi connectivity index (χ4n) is 0.608. The van der Waals surface area contributed by atoms with E-state index in [1.165, 1.54) is 18.2 Å². The molecule has 5 heteroatoms. The minimum atomic E-state index is -0.692. The van der Waals surface area contributed by atoms with E-state index in [2.05, 4.69) is 0 Å². The summed E-state index contributed by atoms with van der Waals surface area (Å²) in [6.07, 6.45) is 0. The average Bonchev–Trinajstić information content (AvgIpc) is 1.88.